The Balaban J connectivity index is 0.000000481. The van der Waals surface area contributed by atoms with Gasteiger partial charge in [-0.15, -0.1) is 0 Å². The number of nitrogens with zero attached hydrogens (tertiary/aromatic N) is 2. The number of hydrogen-bond acceptors (Lipinski definition) is 9. The number of carboxylic acids is 2. The molecule has 1 aromatic carbocycles. The number of ether oxygens (including phenoxy) is 2. The summed E-state index contributed by atoms with van der Waals surface area (Å²) in [6.45, 7) is 4.65. The van der Waals surface area contributed by atoms with Crippen LogP contribution in [-0.4, -0.2) is 96.1 Å². The smallest absolute Gasteiger partial charge is 0.414 e. The number of amides is 1. The fraction of sp³-hybridized carbons (Fsp3) is 0.364. The van der Waals surface area contributed by atoms with Crippen molar-refractivity contribution in [2.45, 2.75) is 0 Å². The van der Waals surface area contributed by atoms with Gasteiger partial charge in [0.25, 0.3) is 0 Å². The largest absolute Gasteiger partial charge is 0.486 e. The van der Waals surface area contributed by atoms with E-state index in [9.17, 15) is 9.59 Å². The average molecular weight is 475 g/mol. The molecule has 0 unspecified atom stereocenters. The van der Waals surface area contributed by atoms with E-state index in [-0.39, 0.29) is 11.7 Å². The number of carboxylic acid groups (broad SMARTS) is 2. The molecule has 0 radical (unpaired) electrons. The molecule has 2 aliphatic heterocycles. The first-order valence-electron chi connectivity index (χ1n) is 10.5. The topological polar surface area (TPSA) is 159 Å². The second-order valence-corrected chi connectivity index (χ2v) is 7.47. The number of anilines is 1. The highest BCUT2D eigenvalue weighted by molar-refractivity contribution is 6.27. The van der Waals surface area contributed by atoms with E-state index < -0.39 is 11.9 Å². The van der Waals surface area contributed by atoms with Crippen molar-refractivity contribution < 1.29 is 43.3 Å². The van der Waals surface area contributed by atoms with Crippen LogP contribution in [-0.2, 0) is 14.4 Å². The third-order valence-electron chi connectivity index (χ3n) is 5.00. The molecule has 0 atom stereocenters. The van der Waals surface area contributed by atoms with Crippen LogP contribution in [0.5, 0.6) is 11.5 Å². The maximum atomic E-state index is 12.4. The van der Waals surface area contributed by atoms with E-state index in [4.69, 9.17) is 33.7 Å². The fourth-order valence-electron chi connectivity index (χ4n) is 3.35. The minimum atomic E-state index is -1.82. The van der Waals surface area contributed by atoms with Crippen molar-refractivity contribution in [3.05, 3.63) is 42.4 Å². The Morgan fingerprint density at radius 1 is 0.853 bits per heavy atom. The number of piperazine rings is 1. The van der Waals surface area contributed by atoms with Crippen LogP contribution in [0.1, 0.15) is 10.6 Å². The Hall–Kier alpha value is -3.90. The first-order valence-corrected chi connectivity index (χ1v) is 10.5. The number of hydrogen-bond donors (Lipinski definition) is 3. The Morgan fingerprint density at radius 3 is 2.06 bits per heavy atom. The van der Waals surface area contributed by atoms with Crippen molar-refractivity contribution >= 4 is 29.3 Å². The third-order valence-corrected chi connectivity index (χ3v) is 5.00. The summed E-state index contributed by atoms with van der Waals surface area (Å²) in [6.07, 6.45) is 1.51. The number of nitrogens with one attached hydrogen (secondary N) is 1. The summed E-state index contributed by atoms with van der Waals surface area (Å²) in [4.78, 5) is 46.8. The van der Waals surface area contributed by atoms with Crippen molar-refractivity contribution in [3.8, 4) is 11.5 Å². The second kappa shape index (κ2) is 11.8. The molecule has 1 aromatic heterocycles. The number of rotatable bonds is 6. The van der Waals surface area contributed by atoms with E-state index in [1.807, 2.05) is 6.07 Å². The van der Waals surface area contributed by atoms with Gasteiger partial charge in [-0.2, -0.15) is 0 Å². The molecule has 1 amide bonds. The van der Waals surface area contributed by atoms with Crippen LogP contribution in [0, 0.1) is 0 Å². The van der Waals surface area contributed by atoms with Gasteiger partial charge in [0.1, 0.15) is 13.2 Å². The quantitative estimate of drug-likeness (QED) is 0.398. The predicted molar refractivity (Wildman–Crippen MR) is 117 cm³/mol. The number of ketones is 1. The second-order valence-electron chi connectivity index (χ2n) is 7.47. The van der Waals surface area contributed by atoms with Gasteiger partial charge < -0.3 is 29.4 Å². The average Bonchev–Trinajstić information content (AvgIpc) is 3.36. The molecule has 3 N–H and O–H groups in total. The fourth-order valence-corrected chi connectivity index (χ4v) is 3.35. The lowest BCUT2D eigenvalue weighted by molar-refractivity contribution is -0.159. The van der Waals surface area contributed by atoms with Crippen LogP contribution < -0.4 is 14.8 Å². The molecule has 3 heterocycles. The van der Waals surface area contributed by atoms with Crippen molar-refractivity contribution in [1.82, 2.24) is 9.80 Å². The number of benzene rings is 1. The van der Waals surface area contributed by atoms with Gasteiger partial charge in [-0.3, -0.25) is 19.4 Å². The molecule has 0 spiro atoms. The molecule has 1 fully saturated rings. The molecule has 0 saturated carbocycles. The first kappa shape index (κ1) is 24.7. The van der Waals surface area contributed by atoms with Crippen molar-refractivity contribution in [2.75, 3.05) is 57.8 Å². The van der Waals surface area contributed by atoms with Crippen LogP contribution in [0.25, 0.3) is 0 Å². The molecule has 12 nitrogen and oxygen atoms in total. The predicted octanol–water partition coefficient (Wildman–Crippen LogP) is 0.645. The maximum Gasteiger partial charge on any atom is 0.414 e. The van der Waals surface area contributed by atoms with Gasteiger partial charge in [0.2, 0.25) is 11.7 Å². The number of fused-ring (bicyclic) bond motifs is 1. The van der Waals surface area contributed by atoms with Crippen LogP contribution in [0.2, 0.25) is 0 Å². The van der Waals surface area contributed by atoms with E-state index in [1.165, 1.54) is 6.26 Å². The van der Waals surface area contributed by atoms with Crippen LogP contribution in [0.15, 0.2) is 41.0 Å². The van der Waals surface area contributed by atoms with Crippen molar-refractivity contribution in [3.63, 3.8) is 0 Å². The minimum absolute atomic E-state index is 0.0187. The van der Waals surface area contributed by atoms with Gasteiger partial charge >= 0.3 is 11.9 Å². The molecular formula is C22H25N3O9. The van der Waals surface area contributed by atoms with Crippen molar-refractivity contribution in [1.29, 1.82) is 0 Å². The Kier molecular flexibility index (Phi) is 8.60. The summed E-state index contributed by atoms with van der Waals surface area (Å²) in [7, 11) is 0. The lowest BCUT2D eigenvalue weighted by atomic mass is 10.2. The maximum absolute atomic E-state index is 12.4. The molecule has 2 aliphatic rings. The number of carbonyl (C=O) groups is 4. The highest BCUT2D eigenvalue weighted by Crippen LogP contribution is 2.32. The third kappa shape index (κ3) is 7.32. The molecule has 2 aromatic rings. The summed E-state index contributed by atoms with van der Waals surface area (Å²) in [6, 6.07) is 8.79. The molecule has 4 rings (SSSR count). The minimum Gasteiger partial charge on any atom is -0.486 e. The van der Waals surface area contributed by atoms with Gasteiger partial charge in [-0.25, -0.2) is 9.59 Å². The van der Waals surface area contributed by atoms with Crippen LogP contribution in [0.3, 0.4) is 0 Å². The van der Waals surface area contributed by atoms with Gasteiger partial charge in [-0.1, -0.05) is 0 Å². The van der Waals surface area contributed by atoms with E-state index in [2.05, 4.69) is 15.1 Å². The molecule has 0 aliphatic carbocycles. The van der Waals surface area contributed by atoms with Gasteiger partial charge in [0.05, 0.1) is 19.4 Å². The van der Waals surface area contributed by atoms with E-state index in [0.717, 1.165) is 26.2 Å². The molecule has 0 bridgehead atoms. The van der Waals surface area contributed by atoms with Gasteiger partial charge in [-0.05, 0) is 24.3 Å². The zero-order valence-corrected chi connectivity index (χ0v) is 18.3. The zero-order chi connectivity index (χ0) is 24.5. The molecule has 12 heteroatoms. The summed E-state index contributed by atoms with van der Waals surface area (Å²) in [5.41, 5.74) is 0.692. The van der Waals surface area contributed by atoms with Crippen LogP contribution >= 0.6 is 0 Å². The van der Waals surface area contributed by atoms with Gasteiger partial charge in [0.15, 0.2) is 17.3 Å². The summed E-state index contributed by atoms with van der Waals surface area (Å²) >= 11 is 0. The highest BCUT2D eigenvalue weighted by atomic mass is 16.6. The van der Waals surface area contributed by atoms with E-state index in [0.29, 0.717) is 49.2 Å². The SMILES string of the molecule is O=C(CN1CCN(CC(=O)c2ccco2)CC1)Nc1ccc2c(c1)OCCO2.O=C(O)C(=O)O. The summed E-state index contributed by atoms with van der Waals surface area (Å²) in [5, 5.41) is 17.7. The Morgan fingerprint density at radius 2 is 1.47 bits per heavy atom. The van der Waals surface area contributed by atoms with E-state index >= 15 is 0 Å². The monoisotopic (exact) mass is 475 g/mol. The Labute approximate surface area is 194 Å². The van der Waals surface area contributed by atoms with E-state index in [1.54, 1.807) is 24.3 Å². The van der Waals surface area contributed by atoms with Crippen LogP contribution in [0.4, 0.5) is 5.69 Å². The lowest BCUT2D eigenvalue weighted by Gasteiger charge is -2.33. The molecule has 34 heavy (non-hydrogen) atoms. The number of aliphatic carboxylic acids is 2. The number of carbonyl (C=O) groups excluding carboxylic acids is 2. The number of furan rings is 1. The summed E-state index contributed by atoms with van der Waals surface area (Å²) < 4.78 is 16.2. The molecule has 182 valence electrons. The standard InChI is InChI=1S/C20H23N3O5.C2H2O4/c24-16(17-2-1-9-26-17)13-22-5-7-23(8-6-22)14-20(25)21-15-3-4-18-19(12-15)28-11-10-27-18;3-1(4)2(5)6/h1-4,9,12H,5-8,10-11,13-14H2,(H,21,25);(H,3,4)(H,5,6). The molecule has 1 saturated heterocycles. The van der Waals surface area contributed by atoms with Crippen molar-refractivity contribution in [2.24, 2.45) is 0 Å². The lowest BCUT2D eigenvalue weighted by Crippen LogP contribution is -2.49. The zero-order valence-electron chi connectivity index (χ0n) is 18.3. The normalized spacial score (nSPS) is 15.5. The first-order chi connectivity index (χ1) is 16.3. The summed E-state index contributed by atoms with van der Waals surface area (Å²) in [5.74, 6) is -2.00. The molecular weight excluding hydrogens is 450 g/mol. The van der Waals surface area contributed by atoms with Gasteiger partial charge in [0, 0.05) is 37.9 Å². The Bertz CT molecular complexity index is 1000. The number of Topliss-reactive ketones (excluding diaryl/α,β-unsaturated/α-hetero) is 1. The highest BCUT2D eigenvalue weighted by Gasteiger charge is 2.22.